The number of ether oxygens (including phenoxy) is 1. The molecule has 0 atom stereocenters. The number of hydrazone groups is 1. The standard InChI is InChI=1S/C21H17ClFN3O3/c1-29-15-9-7-14(8-10-15)13-26-11-3-4-16(21(26)28)20(27)25-24-12-17-18(22)5-2-6-19(17)23/h2-12H,13H2,1H3,(H,25,27)/b24-12-. The maximum absolute atomic E-state index is 13.7. The van der Waals surface area contributed by atoms with Crippen LogP contribution in [-0.2, 0) is 6.54 Å². The number of nitrogens with one attached hydrogen (secondary N) is 1. The Kier molecular flexibility index (Phi) is 6.41. The van der Waals surface area contributed by atoms with Gasteiger partial charge in [0.25, 0.3) is 11.5 Å². The molecule has 0 unspecified atom stereocenters. The van der Waals surface area contributed by atoms with E-state index in [2.05, 4.69) is 10.5 Å². The summed E-state index contributed by atoms with van der Waals surface area (Å²) in [5.41, 5.74) is 2.58. The van der Waals surface area contributed by atoms with Crippen LogP contribution in [0.5, 0.6) is 5.75 Å². The molecule has 0 fully saturated rings. The highest BCUT2D eigenvalue weighted by Crippen LogP contribution is 2.16. The van der Waals surface area contributed by atoms with Crippen molar-refractivity contribution in [3.63, 3.8) is 0 Å². The zero-order valence-electron chi connectivity index (χ0n) is 15.4. The second-order valence-electron chi connectivity index (χ2n) is 6.04. The largest absolute Gasteiger partial charge is 0.497 e. The highest BCUT2D eigenvalue weighted by Gasteiger charge is 2.12. The van der Waals surface area contributed by atoms with E-state index in [1.165, 1.54) is 28.8 Å². The fourth-order valence-electron chi connectivity index (χ4n) is 2.61. The fraction of sp³-hybridized carbons (Fsp3) is 0.0952. The molecule has 0 aliphatic rings. The number of nitrogens with zero attached hydrogens (tertiary/aromatic N) is 2. The molecule has 2 aromatic carbocycles. The first-order valence-corrected chi connectivity index (χ1v) is 8.97. The molecule has 1 N–H and O–H groups in total. The van der Waals surface area contributed by atoms with Gasteiger partial charge in [-0.25, -0.2) is 9.82 Å². The Labute approximate surface area is 171 Å². The Hall–Kier alpha value is -3.45. The number of amides is 1. The average Bonchev–Trinajstić information content (AvgIpc) is 2.72. The molecule has 0 aliphatic heterocycles. The zero-order valence-corrected chi connectivity index (χ0v) is 16.2. The van der Waals surface area contributed by atoms with Crippen molar-refractivity contribution in [2.45, 2.75) is 6.54 Å². The smallest absolute Gasteiger partial charge is 0.276 e. The molecule has 3 rings (SSSR count). The number of halogens is 2. The Balaban J connectivity index is 1.75. The first-order valence-electron chi connectivity index (χ1n) is 8.59. The lowest BCUT2D eigenvalue weighted by Gasteiger charge is -2.08. The van der Waals surface area contributed by atoms with E-state index in [-0.39, 0.29) is 22.7 Å². The topological polar surface area (TPSA) is 72.7 Å². The summed E-state index contributed by atoms with van der Waals surface area (Å²) in [6.07, 6.45) is 2.68. The maximum Gasteiger partial charge on any atom is 0.276 e. The normalized spacial score (nSPS) is 10.9. The van der Waals surface area contributed by atoms with E-state index >= 15 is 0 Å². The SMILES string of the molecule is COc1ccc(Cn2cccc(C(=O)N/N=C\c3c(F)cccc3Cl)c2=O)cc1. The predicted molar refractivity (Wildman–Crippen MR) is 109 cm³/mol. The Morgan fingerprint density at radius 1 is 1.21 bits per heavy atom. The molecule has 148 valence electrons. The second-order valence-corrected chi connectivity index (χ2v) is 6.44. The van der Waals surface area contributed by atoms with Gasteiger partial charge < -0.3 is 9.30 Å². The Bertz CT molecular complexity index is 1090. The maximum atomic E-state index is 13.7. The van der Waals surface area contributed by atoms with Gasteiger partial charge in [-0.05, 0) is 42.0 Å². The van der Waals surface area contributed by atoms with Crippen LogP contribution in [0.4, 0.5) is 4.39 Å². The van der Waals surface area contributed by atoms with Gasteiger partial charge in [0.15, 0.2) is 0 Å². The molecule has 0 spiro atoms. The molecule has 0 aliphatic carbocycles. The predicted octanol–water partition coefficient (Wildman–Crippen LogP) is 3.46. The zero-order chi connectivity index (χ0) is 20.8. The number of carbonyl (C=O) groups excluding carboxylic acids is 1. The van der Waals surface area contributed by atoms with Gasteiger partial charge in [-0.3, -0.25) is 9.59 Å². The van der Waals surface area contributed by atoms with Crippen LogP contribution in [0.15, 0.2) is 70.7 Å². The molecule has 0 bridgehead atoms. The Morgan fingerprint density at radius 2 is 1.97 bits per heavy atom. The summed E-state index contributed by atoms with van der Waals surface area (Å²) in [5.74, 6) is -0.568. The van der Waals surface area contributed by atoms with E-state index in [4.69, 9.17) is 16.3 Å². The van der Waals surface area contributed by atoms with E-state index in [9.17, 15) is 14.0 Å². The summed E-state index contributed by atoms with van der Waals surface area (Å²) in [6.45, 7) is 0.290. The molecular weight excluding hydrogens is 397 g/mol. The molecule has 8 heteroatoms. The van der Waals surface area contributed by atoms with Crippen LogP contribution >= 0.6 is 11.6 Å². The van der Waals surface area contributed by atoms with Gasteiger partial charge in [-0.2, -0.15) is 5.10 Å². The number of pyridine rings is 1. The minimum Gasteiger partial charge on any atom is -0.497 e. The molecular formula is C21H17ClFN3O3. The third kappa shape index (κ3) is 4.89. The molecule has 6 nitrogen and oxygen atoms in total. The number of benzene rings is 2. The van der Waals surface area contributed by atoms with Crippen molar-refractivity contribution >= 4 is 23.7 Å². The molecule has 1 heterocycles. The van der Waals surface area contributed by atoms with E-state index in [0.29, 0.717) is 5.75 Å². The Morgan fingerprint density at radius 3 is 2.66 bits per heavy atom. The third-order valence-electron chi connectivity index (χ3n) is 4.14. The van der Waals surface area contributed by atoms with Gasteiger partial charge in [-0.15, -0.1) is 0 Å². The first kappa shape index (κ1) is 20.3. The number of methoxy groups -OCH3 is 1. The lowest BCUT2D eigenvalue weighted by molar-refractivity contribution is 0.0953. The van der Waals surface area contributed by atoms with Crippen LogP contribution in [0.1, 0.15) is 21.5 Å². The van der Waals surface area contributed by atoms with E-state index in [0.717, 1.165) is 11.8 Å². The van der Waals surface area contributed by atoms with Crippen LogP contribution in [-0.4, -0.2) is 23.8 Å². The number of aromatic nitrogens is 1. The quantitative estimate of drug-likeness (QED) is 0.497. The summed E-state index contributed by atoms with van der Waals surface area (Å²) >= 11 is 5.90. The first-order chi connectivity index (χ1) is 14.0. The summed E-state index contributed by atoms with van der Waals surface area (Å²) in [7, 11) is 1.57. The highest BCUT2D eigenvalue weighted by molar-refractivity contribution is 6.33. The van der Waals surface area contributed by atoms with Crippen LogP contribution < -0.4 is 15.7 Å². The van der Waals surface area contributed by atoms with E-state index in [1.54, 1.807) is 31.5 Å². The summed E-state index contributed by atoms with van der Waals surface area (Å²) < 4.78 is 20.2. The van der Waals surface area contributed by atoms with Gasteiger partial charge in [0, 0.05) is 11.8 Å². The van der Waals surface area contributed by atoms with Crippen LogP contribution in [0, 0.1) is 5.82 Å². The molecule has 1 aromatic heterocycles. The van der Waals surface area contributed by atoms with Crippen LogP contribution in [0.3, 0.4) is 0 Å². The van der Waals surface area contributed by atoms with Gasteiger partial charge in [0.2, 0.25) is 0 Å². The summed E-state index contributed by atoms with van der Waals surface area (Å²) in [6, 6.07) is 14.4. The van der Waals surface area contributed by atoms with Crippen molar-refractivity contribution in [1.82, 2.24) is 9.99 Å². The van der Waals surface area contributed by atoms with Gasteiger partial charge in [0.05, 0.1) is 24.9 Å². The van der Waals surface area contributed by atoms with E-state index < -0.39 is 17.3 Å². The van der Waals surface area contributed by atoms with Crippen molar-refractivity contribution in [3.05, 3.63) is 98.7 Å². The van der Waals surface area contributed by atoms with Crippen LogP contribution in [0.25, 0.3) is 0 Å². The lowest BCUT2D eigenvalue weighted by atomic mass is 10.2. The molecule has 0 saturated heterocycles. The summed E-state index contributed by atoms with van der Waals surface area (Å²) in [5, 5.41) is 3.86. The van der Waals surface area contributed by atoms with Gasteiger partial charge in [-0.1, -0.05) is 29.8 Å². The van der Waals surface area contributed by atoms with Crippen molar-refractivity contribution in [2.75, 3.05) is 7.11 Å². The van der Waals surface area contributed by atoms with Crippen molar-refractivity contribution < 1.29 is 13.9 Å². The van der Waals surface area contributed by atoms with Crippen molar-refractivity contribution in [1.29, 1.82) is 0 Å². The third-order valence-corrected chi connectivity index (χ3v) is 4.47. The van der Waals surface area contributed by atoms with Gasteiger partial charge >= 0.3 is 0 Å². The molecule has 3 aromatic rings. The summed E-state index contributed by atoms with van der Waals surface area (Å²) in [4.78, 5) is 25.0. The average molecular weight is 414 g/mol. The highest BCUT2D eigenvalue weighted by atomic mass is 35.5. The number of hydrogen-bond donors (Lipinski definition) is 1. The minimum atomic E-state index is -0.706. The van der Waals surface area contributed by atoms with Crippen LogP contribution in [0.2, 0.25) is 5.02 Å². The second kappa shape index (κ2) is 9.16. The van der Waals surface area contributed by atoms with E-state index in [1.807, 2.05) is 12.1 Å². The van der Waals surface area contributed by atoms with Gasteiger partial charge in [0.1, 0.15) is 17.1 Å². The number of rotatable bonds is 6. The lowest BCUT2D eigenvalue weighted by Crippen LogP contribution is -2.30. The fourth-order valence-corrected chi connectivity index (χ4v) is 2.82. The monoisotopic (exact) mass is 413 g/mol. The molecule has 1 amide bonds. The molecule has 0 saturated carbocycles. The van der Waals surface area contributed by atoms with Crippen molar-refractivity contribution in [3.8, 4) is 5.75 Å². The number of carbonyl (C=O) groups is 1. The number of hydrogen-bond acceptors (Lipinski definition) is 4. The molecule has 0 radical (unpaired) electrons. The van der Waals surface area contributed by atoms with Crippen molar-refractivity contribution in [2.24, 2.45) is 5.10 Å². The molecule has 29 heavy (non-hydrogen) atoms. The minimum absolute atomic E-state index is 0.0412.